The Bertz CT molecular complexity index is 410. The lowest BCUT2D eigenvalue weighted by Gasteiger charge is -2.10. The van der Waals surface area contributed by atoms with E-state index in [1.165, 1.54) is 5.56 Å². The van der Waals surface area contributed by atoms with Gasteiger partial charge in [-0.1, -0.05) is 17.7 Å². The van der Waals surface area contributed by atoms with Crippen LogP contribution in [0.15, 0.2) is 18.2 Å². The molecular weight excluding hydrogens is 260 g/mol. The number of anilines is 1. The third-order valence-electron chi connectivity index (χ3n) is 2.61. The number of aryl methyl sites for hydroxylation is 2. The molecule has 0 aliphatic heterocycles. The summed E-state index contributed by atoms with van der Waals surface area (Å²) in [6, 6.07) is 5.77. The molecule has 0 aliphatic rings. The van der Waals surface area contributed by atoms with E-state index >= 15 is 0 Å². The molecule has 5 heteroatoms. The average Bonchev–Trinajstić information content (AvgIpc) is 2.37. The Labute approximate surface area is 119 Å². The maximum atomic E-state index is 11.7. The molecule has 1 rings (SSSR count). The van der Waals surface area contributed by atoms with Crippen molar-refractivity contribution in [2.45, 2.75) is 20.3 Å². The van der Waals surface area contributed by atoms with E-state index in [2.05, 4.69) is 10.6 Å². The van der Waals surface area contributed by atoms with Gasteiger partial charge in [0.15, 0.2) is 0 Å². The normalized spacial score (nSPS) is 10.3. The largest absolute Gasteiger partial charge is 0.396 e. The van der Waals surface area contributed by atoms with Crippen LogP contribution in [0, 0.1) is 13.8 Å². The number of rotatable bonds is 7. The Balaban J connectivity index is 2.23. The van der Waals surface area contributed by atoms with E-state index in [0.29, 0.717) is 6.54 Å². The van der Waals surface area contributed by atoms with Crippen molar-refractivity contribution in [2.75, 3.05) is 30.0 Å². The number of hydrogen-bond donors (Lipinski definition) is 3. The lowest BCUT2D eigenvalue weighted by Crippen LogP contribution is -2.30. The molecule has 19 heavy (non-hydrogen) atoms. The van der Waals surface area contributed by atoms with Crippen LogP contribution in [0.4, 0.5) is 10.5 Å². The highest BCUT2D eigenvalue weighted by atomic mass is 32.2. The van der Waals surface area contributed by atoms with Crippen molar-refractivity contribution in [1.29, 1.82) is 0 Å². The molecule has 0 heterocycles. The van der Waals surface area contributed by atoms with E-state index in [1.807, 2.05) is 32.0 Å². The second-order valence-corrected chi connectivity index (χ2v) is 5.61. The number of amides is 2. The first-order valence-electron chi connectivity index (χ1n) is 6.44. The van der Waals surface area contributed by atoms with Gasteiger partial charge in [0, 0.05) is 24.6 Å². The summed E-state index contributed by atoms with van der Waals surface area (Å²) in [7, 11) is 0. The molecule has 4 nitrogen and oxygen atoms in total. The molecule has 0 bridgehead atoms. The molecule has 0 saturated carbocycles. The minimum atomic E-state index is -0.172. The van der Waals surface area contributed by atoms with Crippen LogP contribution in [0.25, 0.3) is 0 Å². The summed E-state index contributed by atoms with van der Waals surface area (Å²) in [5.74, 6) is 1.79. The average molecular weight is 282 g/mol. The molecule has 0 aliphatic carbocycles. The first-order chi connectivity index (χ1) is 9.13. The molecular formula is C14H22N2O2S. The summed E-state index contributed by atoms with van der Waals surface area (Å²) in [6.07, 6.45) is 0.805. The van der Waals surface area contributed by atoms with E-state index in [-0.39, 0.29) is 12.6 Å². The van der Waals surface area contributed by atoms with Crippen molar-refractivity contribution in [3.63, 3.8) is 0 Å². The molecule has 0 radical (unpaired) electrons. The highest BCUT2D eigenvalue weighted by molar-refractivity contribution is 7.99. The highest BCUT2D eigenvalue weighted by Crippen LogP contribution is 2.15. The van der Waals surface area contributed by atoms with Crippen molar-refractivity contribution < 1.29 is 9.90 Å². The predicted molar refractivity (Wildman–Crippen MR) is 82.0 cm³/mol. The summed E-state index contributed by atoms with van der Waals surface area (Å²) in [4.78, 5) is 11.7. The molecule has 3 N–H and O–H groups in total. The fraction of sp³-hybridized carbons (Fsp3) is 0.500. The first-order valence-corrected chi connectivity index (χ1v) is 7.59. The van der Waals surface area contributed by atoms with Crippen molar-refractivity contribution in [2.24, 2.45) is 0 Å². The molecule has 0 aromatic heterocycles. The number of urea groups is 1. The standard InChI is InChI=1S/C14H22N2O2S/c1-11-4-5-13(12(2)10-11)16-14(18)15-6-9-19-8-3-7-17/h4-5,10,17H,3,6-9H2,1-2H3,(H2,15,16,18). The lowest BCUT2D eigenvalue weighted by atomic mass is 10.1. The first kappa shape index (κ1) is 15.9. The summed E-state index contributed by atoms with van der Waals surface area (Å²) < 4.78 is 0. The Morgan fingerprint density at radius 3 is 2.79 bits per heavy atom. The van der Waals surface area contributed by atoms with Crippen molar-refractivity contribution in [1.82, 2.24) is 5.32 Å². The lowest BCUT2D eigenvalue weighted by molar-refractivity contribution is 0.252. The van der Waals surface area contributed by atoms with Crippen LogP contribution in [0.1, 0.15) is 17.5 Å². The molecule has 0 atom stereocenters. The van der Waals surface area contributed by atoms with Gasteiger partial charge in [-0.15, -0.1) is 0 Å². The Hall–Kier alpha value is -1.20. The Morgan fingerprint density at radius 2 is 2.11 bits per heavy atom. The molecule has 1 aromatic carbocycles. The van der Waals surface area contributed by atoms with Crippen LogP contribution in [0.5, 0.6) is 0 Å². The smallest absolute Gasteiger partial charge is 0.319 e. The van der Waals surface area contributed by atoms with E-state index < -0.39 is 0 Å². The fourth-order valence-electron chi connectivity index (χ4n) is 1.63. The summed E-state index contributed by atoms with van der Waals surface area (Å²) in [5, 5.41) is 14.3. The number of aliphatic hydroxyl groups excluding tert-OH is 1. The van der Waals surface area contributed by atoms with Crippen LogP contribution in [-0.2, 0) is 0 Å². The van der Waals surface area contributed by atoms with Crippen molar-refractivity contribution in [3.05, 3.63) is 29.3 Å². The fourth-order valence-corrected chi connectivity index (χ4v) is 2.41. The number of carbonyl (C=O) groups is 1. The maximum Gasteiger partial charge on any atom is 0.319 e. The monoisotopic (exact) mass is 282 g/mol. The van der Waals surface area contributed by atoms with Gasteiger partial charge in [0.1, 0.15) is 0 Å². The van der Waals surface area contributed by atoms with Gasteiger partial charge in [0.25, 0.3) is 0 Å². The van der Waals surface area contributed by atoms with Crippen LogP contribution >= 0.6 is 11.8 Å². The molecule has 0 unspecified atom stereocenters. The number of carbonyl (C=O) groups excluding carboxylic acids is 1. The van der Waals surface area contributed by atoms with Gasteiger partial charge in [-0.25, -0.2) is 4.79 Å². The zero-order valence-electron chi connectivity index (χ0n) is 11.5. The maximum absolute atomic E-state index is 11.7. The van der Waals surface area contributed by atoms with Gasteiger partial charge in [0.2, 0.25) is 0 Å². The minimum absolute atomic E-state index is 0.172. The number of benzene rings is 1. The third kappa shape index (κ3) is 6.50. The quantitative estimate of drug-likeness (QED) is 0.674. The van der Waals surface area contributed by atoms with Crippen molar-refractivity contribution in [3.8, 4) is 0 Å². The van der Waals surface area contributed by atoms with Crippen LogP contribution in [0.3, 0.4) is 0 Å². The van der Waals surface area contributed by atoms with Crippen LogP contribution < -0.4 is 10.6 Å². The zero-order chi connectivity index (χ0) is 14.1. The van der Waals surface area contributed by atoms with Gasteiger partial charge in [0.05, 0.1) is 0 Å². The van der Waals surface area contributed by atoms with Gasteiger partial charge >= 0.3 is 6.03 Å². The second kappa shape index (κ2) is 8.82. The van der Waals surface area contributed by atoms with Gasteiger partial charge in [-0.3, -0.25) is 0 Å². The van der Waals surface area contributed by atoms with Crippen LogP contribution in [-0.4, -0.2) is 35.8 Å². The number of thioether (sulfide) groups is 1. The van der Waals surface area contributed by atoms with Crippen molar-refractivity contribution >= 4 is 23.5 Å². The topological polar surface area (TPSA) is 61.4 Å². The number of aliphatic hydroxyl groups is 1. The zero-order valence-corrected chi connectivity index (χ0v) is 12.3. The van der Waals surface area contributed by atoms with Gasteiger partial charge in [-0.05, 0) is 37.7 Å². The van der Waals surface area contributed by atoms with Gasteiger partial charge in [-0.2, -0.15) is 11.8 Å². The van der Waals surface area contributed by atoms with Gasteiger partial charge < -0.3 is 15.7 Å². The molecule has 0 saturated heterocycles. The summed E-state index contributed by atoms with van der Waals surface area (Å²) in [5.41, 5.74) is 3.09. The number of hydrogen-bond acceptors (Lipinski definition) is 3. The molecule has 2 amide bonds. The van der Waals surface area contributed by atoms with Crippen LogP contribution in [0.2, 0.25) is 0 Å². The summed E-state index contributed by atoms with van der Waals surface area (Å²) >= 11 is 1.73. The third-order valence-corrected chi connectivity index (χ3v) is 3.68. The molecule has 0 spiro atoms. The minimum Gasteiger partial charge on any atom is -0.396 e. The second-order valence-electron chi connectivity index (χ2n) is 4.39. The van der Waals surface area contributed by atoms with E-state index in [9.17, 15) is 4.79 Å². The molecule has 1 aromatic rings. The summed E-state index contributed by atoms with van der Waals surface area (Å²) in [6.45, 7) is 4.87. The predicted octanol–water partition coefficient (Wildman–Crippen LogP) is 2.54. The van der Waals surface area contributed by atoms with E-state index in [4.69, 9.17) is 5.11 Å². The highest BCUT2D eigenvalue weighted by Gasteiger charge is 2.03. The Morgan fingerprint density at radius 1 is 1.32 bits per heavy atom. The Kier molecular flexibility index (Phi) is 7.36. The van der Waals surface area contributed by atoms with E-state index in [0.717, 1.165) is 29.2 Å². The molecule has 106 valence electrons. The van der Waals surface area contributed by atoms with E-state index in [1.54, 1.807) is 11.8 Å². The number of nitrogens with one attached hydrogen (secondary N) is 2. The molecule has 0 fully saturated rings. The SMILES string of the molecule is Cc1ccc(NC(=O)NCCSCCCO)c(C)c1.